The summed E-state index contributed by atoms with van der Waals surface area (Å²) in [5, 5.41) is 11.6. The van der Waals surface area contributed by atoms with Crippen molar-refractivity contribution >= 4 is 17.4 Å². The topological polar surface area (TPSA) is 119 Å². The average molecular weight is 596 g/mol. The van der Waals surface area contributed by atoms with Crippen molar-refractivity contribution < 1.29 is 18.1 Å². The van der Waals surface area contributed by atoms with Crippen molar-refractivity contribution in [1.82, 2.24) is 39.2 Å². The maximum Gasteiger partial charge on any atom is 0.257 e. The van der Waals surface area contributed by atoms with E-state index in [1.807, 2.05) is 25.4 Å². The number of rotatable bonds is 7. The number of benzene rings is 1. The van der Waals surface area contributed by atoms with Gasteiger partial charge in [-0.2, -0.15) is 9.49 Å². The van der Waals surface area contributed by atoms with Gasteiger partial charge in [-0.1, -0.05) is 5.16 Å². The zero-order valence-electron chi connectivity index (χ0n) is 23.7. The maximum atomic E-state index is 13.8. The zero-order chi connectivity index (χ0) is 30.2. The second-order valence-corrected chi connectivity index (χ2v) is 10.8. The monoisotopic (exact) mass is 595 g/mol. The number of anilines is 1. The number of carbonyl (C=O) groups is 1. The Morgan fingerprint density at radius 3 is 2.61 bits per heavy atom. The molecule has 0 bridgehead atoms. The van der Waals surface area contributed by atoms with Crippen LogP contribution >= 0.6 is 0 Å². The van der Waals surface area contributed by atoms with E-state index in [1.54, 1.807) is 28.9 Å². The number of imidazole rings is 2. The molecule has 5 aromatic heterocycles. The van der Waals surface area contributed by atoms with Gasteiger partial charge in [0.1, 0.15) is 17.3 Å². The number of piperidine rings is 1. The van der Waals surface area contributed by atoms with Gasteiger partial charge in [-0.05, 0) is 62.2 Å². The first kappa shape index (κ1) is 27.5. The van der Waals surface area contributed by atoms with Crippen LogP contribution in [0.1, 0.15) is 40.7 Å². The number of hydrogen-bond acceptors (Lipinski definition) is 8. The number of fused-ring (bicyclic) bond motifs is 1. The van der Waals surface area contributed by atoms with Gasteiger partial charge in [-0.25, -0.2) is 23.9 Å². The van der Waals surface area contributed by atoms with Gasteiger partial charge >= 0.3 is 0 Å². The number of pyridine rings is 1. The van der Waals surface area contributed by atoms with Gasteiger partial charge < -0.3 is 14.4 Å². The summed E-state index contributed by atoms with van der Waals surface area (Å²) >= 11 is 0. The third-order valence-corrected chi connectivity index (χ3v) is 7.72. The molecule has 1 aliphatic rings. The SMILES string of the molecule is Cc1cc(CN2CCC(n3cnc(-c4ccc(F)cc4)c3-c3ccc4nc(NC(=O)c5ccnc(F)c5)cn4n3)CC2)no1. The summed E-state index contributed by atoms with van der Waals surface area (Å²) < 4.78 is 36.3. The maximum absolute atomic E-state index is 13.8. The van der Waals surface area contributed by atoms with Crippen LogP contribution in [0, 0.1) is 18.7 Å². The Kier molecular flexibility index (Phi) is 7.14. The summed E-state index contributed by atoms with van der Waals surface area (Å²) in [7, 11) is 0. The van der Waals surface area contributed by atoms with Crippen LogP contribution in [-0.2, 0) is 6.54 Å². The standard InChI is InChI=1S/C31H27F2N9O2/c1-19-14-23(39-44-19)16-40-12-9-24(10-13-40)41-18-35-29(20-2-4-22(32)5-3-20)30(41)25-6-7-28-36-27(17-42(28)38-25)37-31(43)21-8-11-34-26(33)15-21/h2-8,11,14-15,17-18,24H,9-10,12-13,16H2,1H3,(H,37,43). The number of carbonyl (C=O) groups excluding carboxylic acids is 1. The minimum absolute atomic E-state index is 0.123. The van der Waals surface area contributed by atoms with Crippen molar-refractivity contribution in [2.75, 3.05) is 18.4 Å². The van der Waals surface area contributed by atoms with E-state index in [9.17, 15) is 13.6 Å². The molecule has 1 amide bonds. The zero-order valence-corrected chi connectivity index (χ0v) is 23.7. The van der Waals surface area contributed by atoms with Crippen molar-refractivity contribution in [3.63, 3.8) is 0 Å². The average Bonchev–Trinajstić information content (AvgIpc) is 3.75. The van der Waals surface area contributed by atoms with Crippen molar-refractivity contribution in [3.8, 4) is 22.6 Å². The minimum atomic E-state index is -0.747. The fourth-order valence-electron chi connectivity index (χ4n) is 5.59. The Morgan fingerprint density at radius 1 is 1.05 bits per heavy atom. The summed E-state index contributed by atoms with van der Waals surface area (Å²) in [6.07, 6.45) is 6.43. The second-order valence-electron chi connectivity index (χ2n) is 10.8. The largest absolute Gasteiger partial charge is 0.361 e. The van der Waals surface area contributed by atoms with Gasteiger partial charge in [0.15, 0.2) is 11.5 Å². The third kappa shape index (κ3) is 5.56. The van der Waals surface area contributed by atoms with Crippen LogP contribution in [0.15, 0.2) is 77.8 Å². The van der Waals surface area contributed by atoms with Crippen LogP contribution in [0.5, 0.6) is 0 Å². The van der Waals surface area contributed by atoms with Crippen LogP contribution in [0.2, 0.25) is 0 Å². The van der Waals surface area contributed by atoms with Gasteiger partial charge in [0.25, 0.3) is 5.91 Å². The minimum Gasteiger partial charge on any atom is -0.361 e. The summed E-state index contributed by atoms with van der Waals surface area (Å²) in [5.41, 5.74) is 4.45. The molecule has 6 heterocycles. The van der Waals surface area contributed by atoms with Gasteiger partial charge in [0.2, 0.25) is 5.95 Å². The molecular formula is C31H27F2N9O2. The molecule has 44 heavy (non-hydrogen) atoms. The molecule has 0 radical (unpaired) electrons. The summed E-state index contributed by atoms with van der Waals surface area (Å²) in [4.78, 5) is 27.7. The molecule has 1 fully saturated rings. The second kappa shape index (κ2) is 11.4. The highest BCUT2D eigenvalue weighted by Gasteiger charge is 2.26. The van der Waals surface area contributed by atoms with E-state index in [1.165, 1.54) is 24.4 Å². The molecule has 6 aromatic rings. The molecule has 0 unspecified atom stereocenters. The molecule has 7 rings (SSSR count). The Labute approximate surface area is 250 Å². The first-order valence-electron chi connectivity index (χ1n) is 14.2. The number of halogens is 2. The molecule has 0 saturated carbocycles. The number of amides is 1. The molecule has 1 N–H and O–H groups in total. The Hall–Kier alpha value is -5.30. The highest BCUT2D eigenvalue weighted by atomic mass is 19.1. The van der Waals surface area contributed by atoms with Crippen molar-refractivity contribution in [1.29, 1.82) is 0 Å². The highest BCUT2D eigenvalue weighted by Crippen LogP contribution is 2.35. The van der Waals surface area contributed by atoms with Gasteiger partial charge in [0.05, 0.1) is 29.6 Å². The number of hydrogen-bond donors (Lipinski definition) is 1. The van der Waals surface area contributed by atoms with Crippen LogP contribution < -0.4 is 5.32 Å². The van der Waals surface area contributed by atoms with Crippen molar-refractivity contribution in [2.45, 2.75) is 32.4 Å². The van der Waals surface area contributed by atoms with E-state index in [0.717, 1.165) is 61.3 Å². The summed E-state index contributed by atoms with van der Waals surface area (Å²) in [6.45, 7) is 4.37. The number of nitrogens with zero attached hydrogens (tertiary/aromatic N) is 8. The molecule has 0 aliphatic carbocycles. The lowest BCUT2D eigenvalue weighted by Gasteiger charge is -2.32. The van der Waals surface area contributed by atoms with Crippen LogP contribution in [-0.4, -0.2) is 58.2 Å². The fraction of sp³-hybridized carbons (Fsp3) is 0.226. The first-order valence-corrected chi connectivity index (χ1v) is 14.2. The van der Waals surface area contributed by atoms with Crippen molar-refractivity contribution in [2.24, 2.45) is 0 Å². The van der Waals surface area contributed by atoms with E-state index in [2.05, 4.69) is 29.9 Å². The summed E-state index contributed by atoms with van der Waals surface area (Å²) in [5.74, 6) is -0.530. The Morgan fingerprint density at radius 2 is 1.86 bits per heavy atom. The summed E-state index contributed by atoms with van der Waals surface area (Å²) in [6, 6.07) is 14.5. The smallest absolute Gasteiger partial charge is 0.257 e. The van der Waals surface area contributed by atoms with E-state index >= 15 is 0 Å². The number of likely N-dealkylation sites (tertiary alicyclic amines) is 1. The molecule has 0 atom stereocenters. The molecular weight excluding hydrogens is 568 g/mol. The van der Waals surface area contributed by atoms with Crippen LogP contribution in [0.25, 0.3) is 28.3 Å². The van der Waals surface area contributed by atoms with Gasteiger partial charge in [0, 0.05) is 55.1 Å². The Balaban J connectivity index is 1.19. The molecule has 11 nitrogen and oxygen atoms in total. The predicted octanol–water partition coefficient (Wildman–Crippen LogP) is 5.32. The lowest BCUT2D eigenvalue weighted by molar-refractivity contribution is 0.102. The quantitative estimate of drug-likeness (QED) is 0.247. The van der Waals surface area contributed by atoms with E-state index < -0.39 is 11.9 Å². The first-order chi connectivity index (χ1) is 21.4. The van der Waals surface area contributed by atoms with Gasteiger partial charge in [-0.15, -0.1) is 0 Å². The normalized spacial score (nSPS) is 14.3. The lowest BCUT2D eigenvalue weighted by atomic mass is 10.0. The number of aromatic nitrogens is 7. The molecule has 1 aromatic carbocycles. The van der Waals surface area contributed by atoms with Crippen molar-refractivity contribution in [3.05, 3.63) is 102 Å². The fourth-order valence-corrected chi connectivity index (χ4v) is 5.59. The molecule has 1 saturated heterocycles. The third-order valence-electron chi connectivity index (χ3n) is 7.72. The molecule has 222 valence electrons. The van der Waals surface area contributed by atoms with E-state index in [4.69, 9.17) is 14.6 Å². The molecule has 1 aliphatic heterocycles. The van der Waals surface area contributed by atoms with E-state index in [-0.39, 0.29) is 23.2 Å². The van der Waals surface area contributed by atoms with Crippen LogP contribution in [0.3, 0.4) is 0 Å². The van der Waals surface area contributed by atoms with Crippen LogP contribution in [0.4, 0.5) is 14.6 Å². The highest BCUT2D eigenvalue weighted by molar-refractivity contribution is 6.03. The number of nitrogens with one attached hydrogen (secondary N) is 1. The number of aryl methyl sites for hydroxylation is 1. The predicted molar refractivity (Wildman–Crippen MR) is 157 cm³/mol. The lowest BCUT2D eigenvalue weighted by Crippen LogP contribution is -2.34. The molecule has 0 spiro atoms. The Bertz CT molecular complexity index is 1960. The van der Waals surface area contributed by atoms with Gasteiger partial charge in [-0.3, -0.25) is 9.69 Å². The van der Waals surface area contributed by atoms with E-state index in [0.29, 0.717) is 17.0 Å². The molecule has 13 heteroatoms.